The minimum atomic E-state index is -0.877. The summed E-state index contributed by atoms with van der Waals surface area (Å²) in [6.45, 7) is 4.30. The first-order valence-electron chi connectivity index (χ1n) is 10.1. The lowest BCUT2D eigenvalue weighted by Crippen LogP contribution is -2.53. The van der Waals surface area contributed by atoms with Crippen LogP contribution in [0.25, 0.3) is 0 Å². The minimum absolute atomic E-state index is 0.0217. The summed E-state index contributed by atoms with van der Waals surface area (Å²) in [7, 11) is 0. The van der Waals surface area contributed by atoms with Crippen molar-refractivity contribution in [3.05, 3.63) is 0 Å². The van der Waals surface area contributed by atoms with Crippen LogP contribution in [0.5, 0.6) is 0 Å². The van der Waals surface area contributed by atoms with E-state index in [1.807, 2.05) is 13.8 Å². The van der Waals surface area contributed by atoms with Gasteiger partial charge in [0.15, 0.2) is 7.37 Å². The summed E-state index contributed by atoms with van der Waals surface area (Å²) in [5.41, 5.74) is 16.4. The van der Waals surface area contributed by atoms with Crippen LogP contribution in [0.2, 0.25) is 1.41 Å². The van der Waals surface area contributed by atoms with Crippen molar-refractivity contribution in [3.8, 4) is 0 Å². The van der Waals surface area contributed by atoms with Crippen LogP contribution in [0.3, 0.4) is 0 Å². The van der Waals surface area contributed by atoms with E-state index in [0.29, 0.717) is 50.2 Å². The number of unbranched alkanes of at least 4 members (excludes halogenated alkanes) is 2. The minimum Gasteiger partial charge on any atom is -0.370 e. The molecule has 0 saturated heterocycles. The molecule has 0 aliphatic heterocycles. The maximum atomic E-state index is 12.7. The molecule has 0 radical (unpaired) electrons. The molecule has 0 saturated carbocycles. The van der Waals surface area contributed by atoms with Crippen molar-refractivity contribution >= 4 is 24.1 Å². The van der Waals surface area contributed by atoms with Gasteiger partial charge < -0.3 is 32.6 Å². The second-order valence-corrected chi connectivity index (χ2v) is 6.57. The molecule has 0 heterocycles. The fraction of sp³-hybridized carbons (Fsp3) is 0.778. The van der Waals surface area contributed by atoms with Crippen LogP contribution in [0.15, 0.2) is 4.99 Å². The van der Waals surface area contributed by atoms with Gasteiger partial charge in [0.05, 0.1) is 12.1 Å². The maximum absolute atomic E-state index is 12.7. The van der Waals surface area contributed by atoms with Gasteiger partial charge in [0, 0.05) is 6.54 Å². The Bertz CT molecular complexity index is 514. The van der Waals surface area contributed by atoms with Gasteiger partial charge in [-0.3, -0.25) is 14.6 Å². The quantitative estimate of drug-likeness (QED) is 0.114. The largest absolute Gasteiger partial charge is 0.370 e. The summed E-state index contributed by atoms with van der Waals surface area (Å²) in [6.07, 6.45) is 5.42. The molecule has 0 aromatic heterocycles. The lowest BCUT2D eigenvalue weighted by molar-refractivity contribution is -0.131. The second-order valence-electron chi connectivity index (χ2n) is 6.57. The maximum Gasteiger partial charge on any atom is 0.243 e. The summed E-state index contributed by atoms with van der Waals surface area (Å²) < 4.78 is 8.04. The van der Waals surface area contributed by atoms with Crippen molar-refractivity contribution in [2.24, 2.45) is 22.2 Å². The molecule has 27 heavy (non-hydrogen) atoms. The lowest BCUT2D eigenvalue weighted by Gasteiger charge is -2.22. The number of hydrogen-bond acceptors (Lipinski definition) is 5. The van der Waals surface area contributed by atoms with Crippen molar-refractivity contribution in [1.29, 1.82) is 0 Å². The summed E-state index contributed by atoms with van der Waals surface area (Å²) >= 11 is 0. The number of hydrogen-bond donors (Lipinski definition) is 5. The smallest absolute Gasteiger partial charge is 0.243 e. The van der Waals surface area contributed by atoms with E-state index in [0.717, 1.165) is 19.3 Å². The average molecular weight is 386 g/mol. The van der Waals surface area contributed by atoms with E-state index in [2.05, 4.69) is 10.3 Å². The Morgan fingerprint density at radius 1 is 1.07 bits per heavy atom. The van der Waals surface area contributed by atoms with E-state index in [1.54, 1.807) is 0 Å². The molecule has 0 spiro atoms. The number of amides is 2. The zero-order chi connectivity index (χ0) is 21.5. The molecular formula is C18H36N6O3. The van der Waals surface area contributed by atoms with E-state index >= 15 is 0 Å². The predicted octanol–water partition coefficient (Wildman–Crippen LogP) is -0.0838. The molecule has 0 aliphatic carbocycles. The molecule has 0 bridgehead atoms. The van der Waals surface area contributed by atoms with Gasteiger partial charge in [0.25, 0.3) is 0 Å². The van der Waals surface area contributed by atoms with Crippen molar-refractivity contribution in [2.45, 2.75) is 83.3 Å². The molecule has 2 amide bonds. The topological polar surface area (TPSA) is 166 Å². The van der Waals surface area contributed by atoms with Crippen molar-refractivity contribution in [2.75, 3.05) is 6.54 Å². The van der Waals surface area contributed by atoms with Gasteiger partial charge >= 0.3 is 0 Å². The van der Waals surface area contributed by atoms with E-state index < -0.39 is 29.9 Å². The third-order valence-electron chi connectivity index (χ3n) is 4.07. The lowest BCUT2D eigenvalue weighted by atomic mass is 10.1. The molecule has 0 fully saturated rings. The predicted molar refractivity (Wildman–Crippen MR) is 107 cm³/mol. The third kappa shape index (κ3) is 12.0. The highest BCUT2D eigenvalue weighted by Crippen LogP contribution is 2.05. The number of guanidine groups is 1. The molecule has 8 N–H and O–H groups in total. The average Bonchev–Trinajstić information content (AvgIpc) is 2.67. The number of aldehydes is 1. The van der Waals surface area contributed by atoms with Crippen LogP contribution in [-0.2, 0) is 14.4 Å². The first-order valence-corrected chi connectivity index (χ1v) is 9.66. The highest BCUT2D eigenvalue weighted by molar-refractivity contribution is 5.90. The first kappa shape index (κ1) is 22.9. The zero-order valence-electron chi connectivity index (χ0n) is 17.5. The molecule has 0 unspecified atom stereocenters. The fourth-order valence-corrected chi connectivity index (χ4v) is 2.42. The van der Waals surface area contributed by atoms with Crippen molar-refractivity contribution < 1.29 is 15.8 Å². The molecule has 0 aliphatic rings. The van der Waals surface area contributed by atoms with Crippen LogP contribution in [-0.4, -0.2) is 48.7 Å². The summed E-state index contributed by atoms with van der Waals surface area (Å²) in [6, 6.07) is -2.51. The molecule has 9 heteroatoms. The Balaban J connectivity index is 4.89. The van der Waals surface area contributed by atoms with Gasteiger partial charge in [-0.1, -0.05) is 39.5 Å². The third-order valence-corrected chi connectivity index (χ3v) is 4.07. The summed E-state index contributed by atoms with van der Waals surface area (Å²) in [5, 5.41) is 3.33. The summed E-state index contributed by atoms with van der Waals surface area (Å²) in [5.74, 6) is -1.09. The molecule has 9 nitrogen and oxygen atoms in total. The number of nitrogens with two attached hydrogens (primary N) is 3. The standard InChI is InChI=1S/C18H36N6O3/c1-3-5-8-13(12-25)23-17(27)15(10-6-4-2)24-16(26)14(19)9-7-11-22-18(20)21/h12-15H,3-11,19H2,1-2H3,(H,23,27)(H,24,26)(H4,20,21,22)/t13-,14-,15-/m1/s1/i/hD. The van der Waals surface area contributed by atoms with Gasteiger partial charge in [-0.2, -0.15) is 0 Å². The van der Waals surface area contributed by atoms with Gasteiger partial charge in [0.1, 0.15) is 12.3 Å². The van der Waals surface area contributed by atoms with Crippen molar-refractivity contribution in [1.82, 2.24) is 10.6 Å². The number of aliphatic imine (C=N–C) groups is 1. The van der Waals surface area contributed by atoms with E-state index in [9.17, 15) is 14.4 Å². The molecule has 0 aromatic carbocycles. The summed E-state index contributed by atoms with van der Waals surface area (Å²) in [4.78, 5) is 40.1. The fourth-order valence-electron chi connectivity index (χ4n) is 2.42. The zero-order valence-corrected chi connectivity index (χ0v) is 16.5. The Labute approximate surface area is 163 Å². The molecule has 0 aromatic rings. The second kappa shape index (κ2) is 15.0. The van der Waals surface area contributed by atoms with Crippen molar-refractivity contribution in [3.63, 3.8) is 0 Å². The number of nitrogens with zero attached hydrogens (tertiary/aromatic N) is 1. The van der Waals surface area contributed by atoms with E-state index in [4.69, 9.17) is 18.6 Å². The van der Waals surface area contributed by atoms with Crippen LogP contribution >= 0.6 is 0 Å². The Morgan fingerprint density at radius 2 is 1.70 bits per heavy atom. The SMILES string of the molecule is [2H]N(C(=O)[C@@H](CCCC)NC(=O)[C@H](N)CCCN=C(N)N)[C@@H](C=O)CCCC. The number of rotatable bonds is 15. The Morgan fingerprint density at radius 3 is 2.26 bits per heavy atom. The number of carbonyl (C=O) groups is 3. The van der Waals surface area contributed by atoms with Crippen LogP contribution in [0, 0.1) is 0 Å². The Hall–Kier alpha value is -2.16. The normalized spacial score (nSPS) is 14.4. The van der Waals surface area contributed by atoms with Crippen LogP contribution < -0.4 is 27.8 Å². The molecular weight excluding hydrogens is 348 g/mol. The van der Waals surface area contributed by atoms with Gasteiger partial charge in [0.2, 0.25) is 11.8 Å². The van der Waals surface area contributed by atoms with E-state index in [1.165, 1.54) is 0 Å². The van der Waals surface area contributed by atoms with Gasteiger partial charge in [-0.05, 0) is 25.7 Å². The highest BCUT2D eigenvalue weighted by atomic mass is 16.2. The number of nitrogens with one attached hydrogen (secondary N) is 2. The first-order chi connectivity index (χ1) is 13.3. The Kier molecular flexibility index (Phi) is 12.7. The highest BCUT2D eigenvalue weighted by Gasteiger charge is 2.24. The molecule has 156 valence electrons. The van der Waals surface area contributed by atoms with E-state index in [-0.39, 0.29) is 5.96 Å². The van der Waals surface area contributed by atoms with Gasteiger partial charge in [-0.25, -0.2) is 0 Å². The monoisotopic (exact) mass is 385 g/mol. The van der Waals surface area contributed by atoms with Crippen LogP contribution in [0.1, 0.15) is 65.2 Å². The molecule has 3 atom stereocenters. The van der Waals surface area contributed by atoms with Crippen LogP contribution in [0.4, 0.5) is 0 Å². The number of carbonyl (C=O) groups excluding carboxylic acids is 3. The molecule has 0 rings (SSSR count). The van der Waals surface area contributed by atoms with Gasteiger partial charge in [-0.15, -0.1) is 0 Å².